The minimum atomic E-state index is -0.216. The van der Waals surface area contributed by atoms with Crippen LogP contribution in [0.4, 0.5) is 15.9 Å². The van der Waals surface area contributed by atoms with Crippen LogP contribution in [-0.4, -0.2) is 59.5 Å². The maximum Gasteiger partial charge on any atom is 0.274 e. The van der Waals surface area contributed by atoms with Crippen molar-refractivity contribution in [3.63, 3.8) is 0 Å². The summed E-state index contributed by atoms with van der Waals surface area (Å²) in [6, 6.07) is 6.94. The molecule has 2 aromatic rings. The lowest BCUT2D eigenvalue weighted by Gasteiger charge is -2.37. The van der Waals surface area contributed by atoms with Gasteiger partial charge in [0.05, 0.1) is 12.4 Å². The summed E-state index contributed by atoms with van der Waals surface area (Å²) in [7, 11) is 0. The van der Waals surface area contributed by atoms with Gasteiger partial charge in [-0.15, -0.1) is 0 Å². The molecule has 154 valence electrons. The van der Waals surface area contributed by atoms with E-state index < -0.39 is 0 Å². The molecule has 1 aromatic heterocycles. The van der Waals surface area contributed by atoms with Crippen LogP contribution in [0.15, 0.2) is 36.7 Å². The van der Waals surface area contributed by atoms with Crippen LogP contribution in [0.2, 0.25) is 0 Å². The molecular formula is C22H28FN5O. The van der Waals surface area contributed by atoms with E-state index in [4.69, 9.17) is 0 Å². The molecule has 2 aliphatic heterocycles. The number of piperazine rings is 1. The van der Waals surface area contributed by atoms with Crippen LogP contribution in [0.5, 0.6) is 0 Å². The lowest BCUT2D eigenvalue weighted by atomic mass is 10.00. The summed E-state index contributed by atoms with van der Waals surface area (Å²) in [4.78, 5) is 28.2. The van der Waals surface area contributed by atoms with Gasteiger partial charge in [0.1, 0.15) is 17.3 Å². The first kappa shape index (κ1) is 19.6. The Morgan fingerprint density at radius 2 is 1.72 bits per heavy atom. The van der Waals surface area contributed by atoms with Crippen molar-refractivity contribution in [1.29, 1.82) is 0 Å². The summed E-state index contributed by atoms with van der Waals surface area (Å²) in [6.07, 6.45) is 7.64. The van der Waals surface area contributed by atoms with Crippen molar-refractivity contribution in [2.45, 2.75) is 38.6 Å². The van der Waals surface area contributed by atoms with Crippen molar-refractivity contribution in [1.82, 2.24) is 14.9 Å². The van der Waals surface area contributed by atoms with Gasteiger partial charge in [-0.3, -0.25) is 4.79 Å². The van der Waals surface area contributed by atoms with Gasteiger partial charge < -0.3 is 14.7 Å². The number of anilines is 2. The maximum atomic E-state index is 13.1. The number of hydrogen-bond acceptors (Lipinski definition) is 5. The Hall–Kier alpha value is -2.70. The van der Waals surface area contributed by atoms with Gasteiger partial charge in [-0.1, -0.05) is 6.92 Å². The molecule has 1 atom stereocenters. The van der Waals surface area contributed by atoms with Crippen LogP contribution in [0.1, 0.15) is 43.1 Å². The van der Waals surface area contributed by atoms with Gasteiger partial charge in [0.2, 0.25) is 0 Å². The fourth-order valence-corrected chi connectivity index (χ4v) is 4.28. The van der Waals surface area contributed by atoms with Crippen LogP contribution in [0.3, 0.4) is 0 Å². The van der Waals surface area contributed by atoms with Gasteiger partial charge in [0.25, 0.3) is 5.91 Å². The SMILES string of the molecule is CCC1CCCCN1C(=O)c1cnc(N2CCN(c3ccc(F)cc3)CC2)cn1. The first-order chi connectivity index (χ1) is 14.2. The third kappa shape index (κ3) is 4.33. The average Bonchev–Trinajstić information content (AvgIpc) is 2.79. The predicted octanol–water partition coefficient (Wildman–Crippen LogP) is 3.35. The molecule has 0 radical (unpaired) electrons. The summed E-state index contributed by atoms with van der Waals surface area (Å²) < 4.78 is 13.1. The Kier molecular flexibility index (Phi) is 5.92. The highest BCUT2D eigenvalue weighted by Crippen LogP contribution is 2.22. The summed E-state index contributed by atoms with van der Waals surface area (Å²) in [5.74, 6) is 0.579. The van der Waals surface area contributed by atoms with E-state index in [2.05, 4.69) is 26.7 Å². The molecule has 2 saturated heterocycles. The second-order valence-electron chi connectivity index (χ2n) is 7.77. The summed E-state index contributed by atoms with van der Waals surface area (Å²) >= 11 is 0. The van der Waals surface area contributed by atoms with Crippen LogP contribution >= 0.6 is 0 Å². The molecule has 1 amide bonds. The highest BCUT2D eigenvalue weighted by molar-refractivity contribution is 5.92. The summed E-state index contributed by atoms with van der Waals surface area (Å²) in [5, 5.41) is 0. The van der Waals surface area contributed by atoms with E-state index in [0.29, 0.717) is 11.7 Å². The fourth-order valence-electron chi connectivity index (χ4n) is 4.28. The largest absolute Gasteiger partial charge is 0.368 e. The zero-order valence-electron chi connectivity index (χ0n) is 16.9. The quantitative estimate of drug-likeness (QED) is 0.792. The van der Waals surface area contributed by atoms with Crippen LogP contribution in [0, 0.1) is 5.82 Å². The zero-order chi connectivity index (χ0) is 20.2. The van der Waals surface area contributed by atoms with Crippen molar-refractivity contribution in [3.8, 4) is 0 Å². The van der Waals surface area contributed by atoms with Crippen molar-refractivity contribution < 1.29 is 9.18 Å². The molecule has 6 nitrogen and oxygen atoms in total. The van der Waals surface area contributed by atoms with Crippen LogP contribution < -0.4 is 9.80 Å². The van der Waals surface area contributed by atoms with Gasteiger partial charge in [-0.05, 0) is 49.9 Å². The topological polar surface area (TPSA) is 52.6 Å². The summed E-state index contributed by atoms with van der Waals surface area (Å²) in [5.41, 5.74) is 1.46. The van der Waals surface area contributed by atoms with Gasteiger partial charge in [-0.2, -0.15) is 0 Å². The molecule has 0 aliphatic carbocycles. The Morgan fingerprint density at radius 3 is 2.38 bits per heavy atom. The average molecular weight is 397 g/mol. The molecule has 3 heterocycles. The van der Waals surface area contributed by atoms with E-state index in [-0.39, 0.29) is 11.7 Å². The molecule has 0 spiro atoms. The first-order valence-electron chi connectivity index (χ1n) is 10.5. The van der Waals surface area contributed by atoms with E-state index in [1.807, 2.05) is 17.0 Å². The molecule has 1 unspecified atom stereocenters. The monoisotopic (exact) mass is 397 g/mol. The van der Waals surface area contributed by atoms with Crippen molar-refractivity contribution in [2.75, 3.05) is 42.5 Å². The molecule has 2 aliphatic rings. The number of carbonyl (C=O) groups excluding carboxylic acids is 1. The second-order valence-corrected chi connectivity index (χ2v) is 7.77. The zero-order valence-corrected chi connectivity index (χ0v) is 16.9. The molecule has 4 rings (SSSR count). The van der Waals surface area contributed by atoms with E-state index in [1.165, 1.54) is 18.6 Å². The first-order valence-corrected chi connectivity index (χ1v) is 10.5. The Morgan fingerprint density at radius 1 is 1.00 bits per heavy atom. The van der Waals surface area contributed by atoms with Gasteiger partial charge in [0, 0.05) is 44.5 Å². The highest BCUT2D eigenvalue weighted by Gasteiger charge is 2.27. The lowest BCUT2D eigenvalue weighted by Crippen LogP contribution is -2.47. The van der Waals surface area contributed by atoms with Crippen molar-refractivity contribution >= 4 is 17.4 Å². The molecule has 29 heavy (non-hydrogen) atoms. The number of nitrogens with zero attached hydrogens (tertiary/aromatic N) is 5. The van der Waals surface area contributed by atoms with Crippen molar-refractivity contribution in [2.24, 2.45) is 0 Å². The van der Waals surface area contributed by atoms with Gasteiger partial charge >= 0.3 is 0 Å². The molecular weight excluding hydrogens is 369 g/mol. The normalized spacial score (nSPS) is 20.1. The molecule has 0 bridgehead atoms. The van der Waals surface area contributed by atoms with Crippen molar-refractivity contribution in [3.05, 3.63) is 48.2 Å². The molecule has 2 fully saturated rings. The third-order valence-corrected chi connectivity index (χ3v) is 6.01. The number of likely N-dealkylation sites (tertiary alicyclic amines) is 1. The number of benzene rings is 1. The predicted molar refractivity (Wildman–Crippen MR) is 112 cm³/mol. The lowest BCUT2D eigenvalue weighted by molar-refractivity contribution is 0.0601. The standard InChI is InChI=1S/C22H28FN5O/c1-2-18-5-3-4-10-28(18)22(29)20-15-25-21(16-24-20)27-13-11-26(12-14-27)19-8-6-17(23)7-9-19/h6-9,15-16,18H,2-5,10-14H2,1H3. The number of amides is 1. The Balaban J connectivity index is 1.37. The van der Waals surface area contributed by atoms with E-state index in [9.17, 15) is 9.18 Å². The van der Waals surface area contributed by atoms with E-state index in [0.717, 1.165) is 63.5 Å². The number of halogens is 1. The minimum Gasteiger partial charge on any atom is -0.368 e. The number of piperidine rings is 1. The van der Waals surface area contributed by atoms with E-state index >= 15 is 0 Å². The number of aromatic nitrogens is 2. The van der Waals surface area contributed by atoms with Crippen LogP contribution in [-0.2, 0) is 0 Å². The van der Waals surface area contributed by atoms with E-state index in [1.54, 1.807) is 12.4 Å². The van der Waals surface area contributed by atoms with Crippen LogP contribution in [0.25, 0.3) is 0 Å². The maximum absolute atomic E-state index is 13.1. The Bertz CT molecular complexity index is 818. The summed E-state index contributed by atoms with van der Waals surface area (Å²) in [6.45, 7) is 6.23. The minimum absolute atomic E-state index is 0.00303. The molecule has 7 heteroatoms. The molecule has 0 saturated carbocycles. The van der Waals surface area contributed by atoms with Gasteiger partial charge in [0.15, 0.2) is 0 Å². The Labute approximate surface area is 171 Å². The molecule has 1 aromatic carbocycles. The number of hydrogen-bond donors (Lipinski definition) is 0. The number of rotatable bonds is 4. The third-order valence-electron chi connectivity index (χ3n) is 6.01. The molecule has 0 N–H and O–H groups in total. The fraction of sp³-hybridized carbons (Fsp3) is 0.500. The van der Waals surface area contributed by atoms with Gasteiger partial charge in [-0.25, -0.2) is 14.4 Å². The second kappa shape index (κ2) is 8.76. The highest BCUT2D eigenvalue weighted by atomic mass is 19.1. The number of carbonyl (C=O) groups is 1. The smallest absolute Gasteiger partial charge is 0.274 e.